The molecule has 2 N–H and O–H groups in total. The van der Waals surface area contributed by atoms with Crippen molar-refractivity contribution in [2.24, 2.45) is 0 Å². The van der Waals surface area contributed by atoms with Gasteiger partial charge in [-0.25, -0.2) is 0 Å². The van der Waals surface area contributed by atoms with Crippen molar-refractivity contribution in [1.82, 2.24) is 5.32 Å². The van der Waals surface area contributed by atoms with E-state index in [2.05, 4.69) is 10.6 Å². The zero-order valence-electron chi connectivity index (χ0n) is 11.3. The number of nitrogens with one attached hydrogen (secondary N) is 2. The molecule has 0 radical (unpaired) electrons. The Kier molecular flexibility index (Phi) is 5.60. The third-order valence-corrected chi connectivity index (χ3v) is 2.17. The second-order valence-electron chi connectivity index (χ2n) is 4.20. The topological polar surface area (TPSA) is 67.4 Å². The van der Waals surface area contributed by atoms with Crippen LogP contribution in [0.1, 0.15) is 13.8 Å². The van der Waals surface area contributed by atoms with Crippen molar-refractivity contribution in [2.45, 2.75) is 13.8 Å². The maximum absolute atomic E-state index is 11.6. The van der Waals surface area contributed by atoms with E-state index in [-0.39, 0.29) is 18.4 Å². The molecular weight excluding hydrogens is 244 g/mol. The summed E-state index contributed by atoms with van der Waals surface area (Å²) in [5, 5.41) is 5.18. The molecule has 102 valence electrons. The number of amides is 2. The van der Waals surface area contributed by atoms with Crippen molar-refractivity contribution in [1.29, 1.82) is 0 Å². The van der Waals surface area contributed by atoms with Gasteiger partial charge in [0.05, 0.1) is 0 Å². The van der Waals surface area contributed by atoms with Gasteiger partial charge in [0, 0.05) is 24.9 Å². The molecule has 0 aliphatic rings. The van der Waals surface area contributed by atoms with Crippen molar-refractivity contribution < 1.29 is 14.3 Å². The minimum absolute atomic E-state index is 0.0537. The largest absolute Gasteiger partial charge is 0.484 e. The maximum atomic E-state index is 11.6. The molecule has 0 spiro atoms. The molecule has 5 nitrogen and oxygen atoms in total. The van der Waals surface area contributed by atoms with E-state index in [0.29, 0.717) is 11.4 Å². The number of allylic oxidation sites excluding steroid dienone is 1. The molecule has 2 amide bonds. The van der Waals surface area contributed by atoms with Crippen molar-refractivity contribution in [3.63, 3.8) is 0 Å². The minimum Gasteiger partial charge on any atom is -0.484 e. The highest BCUT2D eigenvalue weighted by Crippen LogP contribution is 2.17. The van der Waals surface area contributed by atoms with Gasteiger partial charge in [-0.15, -0.1) is 0 Å². The molecule has 0 saturated carbocycles. The lowest BCUT2D eigenvalue weighted by atomic mass is 10.2. The molecule has 0 saturated heterocycles. The average molecular weight is 262 g/mol. The van der Waals surface area contributed by atoms with Gasteiger partial charge in [0.15, 0.2) is 6.61 Å². The van der Waals surface area contributed by atoms with E-state index in [1.54, 1.807) is 31.3 Å². The van der Waals surface area contributed by atoms with Gasteiger partial charge in [-0.2, -0.15) is 0 Å². The standard InChI is InChI=1S/C14H18N2O3/c1-10(2)7-13(17)16-11-5-4-6-12(8-11)19-9-14(18)15-3/h4-8H,9H2,1-3H3,(H,15,18)(H,16,17). The number of benzene rings is 1. The Morgan fingerprint density at radius 3 is 2.68 bits per heavy atom. The summed E-state index contributed by atoms with van der Waals surface area (Å²) in [6.07, 6.45) is 1.51. The maximum Gasteiger partial charge on any atom is 0.257 e. The number of rotatable bonds is 5. The molecule has 0 heterocycles. The SMILES string of the molecule is CNC(=O)COc1cccc(NC(=O)C=C(C)C)c1. The van der Waals surface area contributed by atoms with Crippen LogP contribution in [0, 0.1) is 0 Å². The Morgan fingerprint density at radius 2 is 2.05 bits per heavy atom. The van der Waals surface area contributed by atoms with Crippen LogP contribution in [0.2, 0.25) is 0 Å². The van der Waals surface area contributed by atoms with E-state index in [4.69, 9.17) is 4.74 Å². The van der Waals surface area contributed by atoms with Crippen LogP contribution in [0.4, 0.5) is 5.69 Å². The fourth-order valence-electron chi connectivity index (χ4n) is 1.33. The van der Waals surface area contributed by atoms with Crippen LogP contribution in [-0.4, -0.2) is 25.5 Å². The summed E-state index contributed by atoms with van der Waals surface area (Å²) in [6.45, 7) is 3.65. The van der Waals surface area contributed by atoms with Gasteiger partial charge in [0.2, 0.25) is 5.91 Å². The number of likely N-dealkylation sites (N-methyl/N-ethyl adjacent to an activating group) is 1. The van der Waals surface area contributed by atoms with Crippen molar-refractivity contribution in [3.8, 4) is 5.75 Å². The second kappa shape index (κ2) is 7.20. The quantitative estimate of drug-likeness (QED) is 0.794. The Morgan fingerprint density at radius 1 is 1.32 bits per heavy atom. The molecule has 1 aromatic rings. The van der Waals surface area contributed by atoms with Gasteiger partial charge in [0.25, 0.3) is 5.91 Å². The van der Waals surface area contributed by atoms with E-state index < -0.39 is 0 Å². The first-order valence-corrected chi connectivity index (χ1v) is 5.90. The lowest BCUT2D eigenvalue weighted by molar-refractivity contribution is -0.122. The number of carbonyl (C=O) groups excluding carboxylic acids is 2. The molecule has 0 aliphatic carbocycles. The lowest BCUT2D eigenvalue weighted by Gasteiger charge is -2.07. The number of carbonyl (C=O) groups is 2. The molecule has 19 heavy (non-hydrogen) atoms. The number of ether oxygens (including phenoxy) is 1. The third kappa shape index (κ3) is 5.72. The van der Waals surface area contributed by atoms with E-state index in [1.807, 2.05) is 13.8 Å². The highest BCUT2D eigenvalue weighted by molar-refractivity contribution is 5.99. The van der Waals surface area contributed by atoms with Gasteiger partial charge in [-0.1, -0.05) is 11.6 Å². The van der Waals surface area contributed by atoms with Crippen LogP contribution in [0.15, 0.2) is 35.9 Å². The van der Waals surface area contributed by atoms with Gasteiger partial charge >= 0.3 is 0 Å². The van der Waals surface area contributed by atoms with E-state index in [9.17, 15) is 9.59 Å². The predicted octanol–water partition coefficient (Wildman–Crippen LogP) is 1.72. The summed E-state index contributed by atoms with van der Waals surface area (Å²) in [7, 11) is 1.54. The summed E-state index contributed by atoms with van der Waals surface area (Å²) in [5.41, 5.74) is 1.54. The molecule has 0 unspecified atom stereocenters. The molecule has 0 atom stereocenters. The van der Waals surface area contributed by atoms with Crippen LogP contribution >= 0.6 is 0 Å². The Bertz CT molecular complexity index is 491. The monoisotopic (exact) mass is 262 g/mol. The first-order chi connectivity index (χ1) is 9.01. The Balaban J connectivity index is 2.64. The fraction of sp³-hybridized carbons (Fsp3) is 0.286. The summed E-state index contributed by atoms with van der Waals surface area (Å²) < 4.78 is 5.28. The Labute approximate surface area is 112 Å². The van der Waals surface area contributed by atoms with Crippen molar-refractivity contribution >= 4 is 17.5 Å². The van der Waals surface area contributed by atoms with Gasteiger partial charge in [0.1, 0.15) is 5.75 Å². The summed E-state index contributed by atoms with van der Waals surface area (Å²) in [6, 6.07) is 6.89. The molecule has 1 rings (SSSR count). The molecule has 5 heteroatoms. The first-order valence-electron chi connectivity index (χ1n) is 5.90. The molecule has 0 aromatic heterocycles. The highest BCUT2D eigenvalue weighted by Gasteiger charge is 2.02. The van der Waals surface area contributed by atoms with E-state index in [0.717, 1.165) is 5.57 Å². The van der Waals surface area contributed by atoms with E-state index >= 15 is 0 Å². The number of hydrogen-bond acceptors (Lipinski definition) is 3. The predicted molar refractivity (Wildman–Crippen MR) is 74.1 cm³/mol. The van der Waals surface area contributed by atoms with Crippen molar-refractivity contribution in [3.05, 3.63) is 35.9 Å². The highest BCUT2D eigenvalue weighted by atomic mass is 16.5. The Hall–Kier alpha value is -2.30. The van der Waals surface area contributed by atoms with Crippen molar-refractivity contribution in [2.75, 3.05) is 19.0 Å². The summed E-state index contributed by atoms with van der Waals surface area (Å²) in [4.78, 5) is 22.6. The van der Waals surface area contributed by atoms with Crippen LogP contribution in [-0.2, 0) is 9.59 Å². The molecule has 1 aromatic carbocycles. The summed E-state index contributed by atoms with van der Waals surface area (Å²) in [5.74, 6) is 0.126. The number of hydrogen-bond donors (Lipinski definition) is 2. The molecular formula is C14H18N2O3. The van der Waals surface area contributed by atoms with E-state index in [1.165, 1.54) is 6.08 Å². The smallest absolute Gasteiger partial charge is 0.257 e. The van der Waals surface area contributed by atoms with Gasteiger partial charge in [-0.05, 0) is 26.0 Å². The molecule has 0 bridgehead atoms. The minimum atomic E-state index is -0.209. The third-order valence-electron chi connectivity index (χ3n) is 2.17. The normalized spacial score (nSPS) is 9.42. The molecule has 0 fully saturated rings. The second-order valence-corrected chi connectivity index (χ2v) is 4.20. The van der Waals surface area contributed by atoms with Crippen LogP contribution in [0.3, 0.4) is 0 Å². The zero-order chi connectivity index (χ0) is 14.3. The van der Waals surface area contributed by atoms with Gasteiger partial charge < -0.3 is 15.4 Å². The molecule has 0 aliphatic heterocycles. The van der Waals surface area contributed by atoms with Crippen LogP contribution in [0.5, 0.6) is 5.75 Å². The average Bonchev–Trinajstić information content (AvgIpc) is 2.35. The summed E-state index contributed by atoms with van der Waals surface area (Å²) >= 11 is 0. The number of anilines is 1. The first kappa shape index (κ1) is 14.8. The zero-order valence-corrected chi connectivity index (χ0v) is 11.3. The van der Waals surface area contributed by atoms with Gasteiger partial charge in [-0.3, -0.25) is 9.59 Å². The van der Waals surface area contributed by atoms with Crippen LogP contribution < -0.4 is 15.4 Å². The lowest BCUT2D eigenvalue weighted by Crippen LogP contribution is -2.24. The fourth-order valence-corrected chi connectivity index (χ4v) is 1.33. The van der Waals surface area contributed by atoms with Crippen LogP contribution in [0.25, 0.3) is 0 Å².